The number of aryl methyl sites for hydroxylation is 1. The number of carbonyl (C=O) groups is 2. The van der Waals surface area contributed by atoms with E-state index in [1.54, 1.807) is 12.3 Å². The largest absolute Gasteiger partial charge is 0.480 e. The van der Waals surface area contributed by atoms with Gasteiger partial charge in [0.1, 0.15) is 12.6 Å². The first-order valence-corrected chi connectivity index (χ1v) is 9.37. The topological polar surface area (TPSA) is 93.5 Å². The highest BCUT2D eigenvalue weighted by atomic mass is 16.5. The van der Waals surface area contributed by atoms with Crippen molar-refractivity contribution >= 4 is 12.1 Å². The van der Waals surface area contributed by atoms with Crippen LogP contribution in [0.15, 0.2) is 60.8 Å². The van der Waals surface area contributed by atoms with Crippen LogP contribution in [0.5, 0.6) is 0 Å². The molecule has 1 heterocycles. The Morgan fingerprint density at radius 1 is 1.10 bits per heavy atom. The van der Waals surface area contributed by atoms with Gasteiger partial charge in [0.25, 0.3) is 0 Å². The number of benzene rings is 2. The second kappa shape index (κ2) is 7.79. The molecule has 2 N–H and O–H groups in total. The molecule has 4 rings (SSSR count). The minimum atomic E-state index is -1.15. The fraction of sp³-hybridized carbons (Fsp3) is 0.227. The van der Waals surface area contributed by atoms with Gasteiger partial charge in [-0.05, 0) is 35.2 Å². The molecule has 1 aromatic heterocycles. The molecule has 1 atom stereocenters. The van der Waals surface area contributed by atoms with Gasteiger partial charge >= 0.3 is 12.1 Å². The van der Waals surface area contributed by atoms with Crippen molar-refractivity contribution in [3.8, 4) is 11.1 Å². The number of rotatable bonds is 6. The highest BCUT2D eigenvalue weighted by Crippen LogP contribution is 2.44. The van der Waals surface area contributed by atoms with Crippen LogP contribution in [0, 0.1) is 6.92 Å². The summed E-state index contributed by atoms with van der Waals surface area (Å²) in [6.07, 6.45) is 0.910. The van der Waals surface area contributed by atoms with Crippen LogP contribution in [0.1, 0.15) is 22.7 Å². The van der Waals surface area contributed by atoms with Crippen molar-refractivity contribution in [2.75, 3.05) is 6.61 Å². The van der Waals surface area contributed by atoms with Crippen molar-refractivity contribution in [3.05, 3.63) is 77.6 Å². The summed E-state index contributed by atoms with van der Waals surface area (Å²) in [7, 11) is 0. The van der Waals surface area contributed by atoms with Gasteiger partial charge in [-0.2, -0.15) is 5.10 Å². The lowest BCUT2D eigenvalue weighted by atomic mass is 9.98. The third-order valence-corrected chi connectivity index (χ3v) is 5.08. The predicted octanol–water partition coefficient (Wildman–Crippen LogP) is 3.18. The number of alkyl carbamates (subject to hydrolysis) is 1. The lowest BCUT2D eigenvalue weighted by molar-refractivity contribution is -0.139. The highest BCUT2D eigenvalue weighted by Gasteiger charge is 2.29. The van der Waals surface area contributed by atoms with Crippen LogP contribution >= 0.6 is 0 Å². The lowest BCUT2D eigenvalue weighted by Gasteiger charge is -2.17. The van der Waals surface area contributed by atoms with Gasteiger partial charge in [-0.3, -0.25) is 4.68 Å². The van der Waals surface area contributed by atoms with Gasteiger partial charge < -0.3 is 15.2 Å². The van der Waals surface area contributed by atoms with Gasteiger partial charge in [-0.15, -0.1) is 0 Å². The molecule has 29 heavy (non-hydrogen) atoms. The fourth-order valence-corrected chi connectivity index (χ4v) is 3.72. The summed E-state index contributed by atoms with van der Waals surface area (Å²) >= 11 is 0. The smallest absolute Gasteiger partial charge is 0.407 e. The average molecular weight is 391 g/mol. The van der Waals surface area contributed by atoms with Crippen LogP contribution in [0.25, 0.3) is 11.1 Å². The summed E-state index contributed by atoms with van der Waals surface area (Å²) in [5.41, 5.74) is 5.24. The Labute approximate surface area is 167 Å². The van der Waals surface area contributed by atoms with Crippen molar-refractivity contribution in [1.82, 2.24) is 15.1 Å². The SMILES string of the molecule is Cc1ccn(CC(NC(=O)OCC2c3ccccc3-c3ccccc32)C(=O)O)n1. The van der Waals surface area contributed by atoms with E-state index in [4.69, 9.17) is 4.74 Å². The normalized spacial score (nSPS) is 13.4. The third kappa shape index (κ3) is 3.85. The second-order valence-corrected chi connectivity index (χ2v) is 7.04. The molecule has 1 unspecified atom stereocenters. The van der Waals surface area contributed by atoms with Crippen LogP contribution in [0.2, 0.25) is 0 Å². The Morgan fingerprint density at radius 2 is 1.72 bits per heavy atom. The number of hydrogen-bond donors (Lipinski definition) is 2. The molecule has 148 valence electrons. The van der Waals surface area contributed by atoms with Crippen LogP contribution < -0.4 is 5.32 Å². The minimum Gasteiger partial charge on any atom is -0.480 e. The quantitative estimate of drug-likeness (QED) is 0.673. The number of hydrogen-bond acceptors (Lipinski definition) is 4. The standard InChI is InChI=1S/C22H21N3O4/c1-14-10-11-25(24-14)12-20(21(26)27)23-22(28)29-13-19-17-8-4-2-6-15(17)16-7-3-5-9-18(16)19/h2-11,19-20H,12-13H2,1H3,(H,23,28)(H,26,27). The first kappa shape index (κ1) is 18.7. The molecule has 1 aliphatic rings. The van der Waals surface area contributed by atoms with Gasteiger partial charge in [0, 0.05) is 12.1 Å². The van der Waals surface area contributed by atoms with Crippen molar-refractivity contribution in [3.63, 3.8) is 0 Å². The van der Waals surface area contributed by atoms with E-state index in [0.29, 0.717) is 0 Å². The van der Waals surface area contributed by atoms with E-state index in [1.807, 2.05) is 43.3 Å². The molecule has 0 saturated carbocycles. The average Bonchev–Trinajstić information content (AvgIpc) is 3.27. The molecule has 7 nitrogen and oxygen atoms in total. The molecule has 0 aliphatic heterocycles. The van der Waals surface area contributed by atoms with E-state index in [-0.39, 0.29) is 19.1 Å². The van der Waals surface area contributed by atoms with Crippen LogP contribution in [0.3, 0.4) is 0 Å². The molecule has 0 spiro atoms. The Morgan fingerprint density at radius 3 is 2.28 bits per heavy atom. The van der Waals surface area contributed by atoms with E-state index in [0.717, 1.165) is 27.9 Å². The molecule has 1 aliphatic carbocycles. The summed E-state index contributed by atoms with van der Waals surface area (Å²) in [5.74, 6) is -1.23. The summed E-state index contributed by atoms with van der Waals surface area (Å²) in [5, 5.41) is 16.0. The Kier molecular flexibility index (Phi) is 5.03. The van der Waals surface area contributed by atoms with Crippen molar-refractivity contribution in [2.45, 2.75) is 25.4 Å². The summed E-state index contributed by atoms with van der Waals surface area (Å²) in [4.78, 5) is 23.8. The highest BCUT2D eigenvalue weighted by molar-refractivity contribution is 5.81. The molecule has 2 aromatic carbocycles. The summed E-state index contributed by atoms with van der Waals surface area (Å²) < 4.78 is 6.90. The van der Waals surface area contributed by atoms with Gasteiger partial charge in [0.15, 0.2) is 0 Å². The number of nitrogens with one attached hydrogen (secondary N) is 1. The molecule has 0 radical (unpaired) electrons. The number of carboxylic acids is 1. The molecular weight excluding hydrogens is 370 g/mol. The number of carbonyl (C=O) groups excluding carboxylic acids is 1. The maximum atomic E-state index is 12.3. The van der Waals surface area contributed by atoms with Crippen LogP contribution in [0.4, 0.5) is 4.79 Å². The van der Waals surface area contributed by atoms with Crippen LogP contribution in [-0.2, 0) is 16.1 Å². The van der Waals surface area contributed by atoms with E-state index < -0.39 is 18.1 Å². The predicted molar refractivity (Wildman–Crippen MR) is 107 cm³/mol. The Hall–Kier alpha value is -3.61. The molecular formula is C22H21N3O4. The van der Waals surface area contributed by atoms with E-state index in [1.165, 1.54) is 4.68 Å². The van der Waals surface area contributed by atoms with E-state index >= 15 is 0 Å². The second-order valence-electron chi connectivity index (χ2n) is 7.04. The zero-order valence-corrected chi connectivity index (χ0v) is 15.9. The third-order valence-electron chi connectivity index (χ3n) is 5.08. The first-order valence-electron chi connectivity index (χ1n) is 9.37. The van der Waals surface area contributed by atoms with Crippen molar-refractivity contribution in [1.29, 1.82) is 0 Å². The van der Waals surface area contributed by atoms with Gasteiger partial charge in [-0.25, -0.2) is 9.59 Å². The maximum Gasteiger partial charge on any atom is 0.407 e. The number of aromatic nitrogens is 2. The molecule has 0 fully saturated rings. The van der Waals surface area contributed by atoms with Gasteiger partial charge in [0.2, 0.25) is 0 Å². The molecule has 1 amide bonds. The van der Waals surface area contributed by atoms with Crippen molar-refractivity contribution < 1.29 is 19.4 Å². The zero-order chi connectivity index (χ0) is 20.4. The monoisotopic (exact) mass is 391 g/mol. The maximum absolute atomic E-state index is 12.3. The molecule has 7 heteroatoms. The molecule has 3 aromatic rings. The van der Waals surface area contributed by atoms with Gasteiger partial charge in [-0.1, -0.05) is 48.5 Å². The van der Waals surface area contributed by atoms with Crippen LogP contribution in [-0.4, -0.2) is 39.6 Å². The summed E-state index contributed by atoms with van der Waals surface area (Å²) in [6.45, 7) is 1.96. The van der Waals surface area contributed by atoms with E-state index in [9.17, 15) is 14.7 Å². The number of ether oxygens (including phenoxy) is 1. The summed E-state index contributed by atoms with van der Waals surface area (Å²) in [6, 6.07) is 16.7. The number of fused-ring (bicyclic) bond motifs is 3. The lowest BCUT2D eigenvalue weighted by Crippen LogP contribution is -2.44. The van der Waals surface area contributed by atoms with Gasteiger partial charge in [0.05, 0.1) is 12.2 Å². The zero-order valence-electron chi connectivity index (χ0n) is 15.9. The fourth-order valence-electron chi connectivity index (χ4n) is 3.72. The first-order chi connectivity index (χ1) is 14.0. The number of amides is 1. The number of nitrogens with zero attached hydrogens (tertiary/aromatic N) is 2. The van der Waals surface area contributed by atoms with Crippen molar-refractivity contribution in [2.24, 2.45) is 0 Å². The number of carboxylic acid groups (broad SMARTS) is 1. The number of aliphatic carboxylic acids is 1. The minimum absolute atomic E-state index is 0.0212. The molecule has 0 saturated heterocycles. The Balaban J connectivity index is 1.43. The Bertz CT molecular complexity index is 1010. The van der Waals surface area contributed by atoms with E-state index in [2.05, 4.69) is 22.5 Å². The molecule has 0 bridgehead atoms.